The summed E-state index contributed by atoms with van der Waals surface area (Å²) in [6.45, 7) is 5.82. The van der Waals surface area contributed by atoms with Crippen LogP contribution < -0.4 is 10.6 Å². The Morgan fingerprint density at radius 2 is 2.04 bits per heavy atom. The van der Waals surface area contributed by atoms with Crippen molar-refractivity contribution in [3.05, 3.63) is 11.6 Å². The number of carbonyl (C=O) groups is 1. The average molecular weight is 319 g/mol. The van der Waals surface area contributed by atoms with E-state index >= 15 is 0 Å². The lowest BCUT2D eigenvalue weighted by Gasteiger charge is -2.28. The molecule has 23 heavy (non-hydrogen) atoms. The van der Waals surface area contributed by atoms with E-state index in [0.717, 1.165) is 43.4 Å². The van der Waals surface area contributed by atoms with E-state index in [1.165, 1.54) is 25.7 Å². The van der Waals surface area contributed by atoms with Crippen LogP contribution in [0, 0.1) is 5.92 Å². The molecule has 2 heterocycles. The standard InChI is InChI=1S/C17H29N5O/c1-12-6-8-14(9-7-12)19-17(23)13(2)18-11-16-21-20-15-5-3-4-10-22(15)16/h12-14,18H,3-11H2,1-2H3,(H,19,23)/t12?,13-,14?/m0/s1. The van der Waals surface area contributed by atoms with Gasteiger partial charge < -0.3 is 9.88 Å². The summed E-state index contributed by atoms with van der Waals surface area (Å²) in [6, 6.07) is 0.148. The maximum Gasteiger partial charge on any atom is 0.237 e. The van der Waals surface area contributed by atoms with Gasteiger partial charge in [-0.1, -0.05) is 6.92 Å². The first-order valence-corrected chi connectivity index (χ1v) is 9.08. The lowest BCUT2D eigenvalue weighted by molar-refractivity contribution is -0.123. The fraction of sp³-hybridized carbons (Fsp3) is 0.824. The van der Waals surface area contributed by atoms with Crippen LogP contribution in [0.3, 0.4) is 0 Å². The number of aryl methyl sites for hydroxylation is 1. The maximum atomic E-state index is 12.3. The number of aromatic nitrogens is 3. The molecule has 0 radical (unpaired) electrons. The van der Waals surface area contributed by atoms with E-state index in [4.69, 9.17) is 0 Å². The minimum absolute atomic E-state index is 0.0999. The van der Waals surface area contributed by atoms with E-state index < -0.39 is 0 Å². The van der Waals surface area contributed by atoms with Gasteiger partial charge in [-0.2, -0.15) is 0 Å². The van der Waals surface area contributed by atoms with E-state index in [-0.39, 0.29) is 11.9 Å². The molecule has 1 atom stereocenters. The first kappa shape index (κ1) is 16.4. The first-order chi connectivity index (χ1) is 11.1. The Morgan fingerprint density at radius 3 is 2.83 bits per heavy atom. The summed E-state index contributed by atoms with van der Waals surface area (Å²) in [4.78, 5) is 12.3. The van der Waals surface area contributed by atoms with Crippen molar-refractivity contribution in [2.45, 2.75) is 84.0 Å². The molecule has 1 aromatic rings. The molecule has 6 heteroatoms. The molecule has 1 aliphatic carbocycles. The third kappa shape index (κ3) is 4.10. The molecule has 0 bridgehead atoms. The van der Waals surface area contributed by atoms with Crippen LogP contribution in [0.4, 0.5) is 0 Å². The Kier molecular flexibility index (Phi) is 5.30. The van der Waals surface area contributed by atoms with E-state index in [0.29, 0.717) is 12.6 Å². The number of carbonyl (C=O) groups excluding carboxylic acids is 1. The third-order valence-corrected chi connectivity index (χ3v) is 5.26. The molecule has 1 fully saturated rings. The molecule has 1 saturated carbocycles. The number of fused-ring (bicyclic) bond motifs is 1. The Balaban J connectivity index is 1.46. The summed E-state index contributed by atoms with van der Waals surface area (Å²) in [5.41, 5.74) is 0. The zero-order valence-electron chi connectivity index (χ0n) is 14.3. The topological polar surface area (TPSA) is 71.8 Å². The molecule has 0 aromatic carbocycles. The number of rotatable bonds is 5. The highest BCUT2D eigenvalue weighted by Gasteiger charge is 2.22. The average Bonchev–Trinajstić information content (AvgIpc) is 2.98. The number of nitrogens with zero attached hydrogens (tertiary/aromatic N) is 3. The first-order valence-electron chi connectivity index (χ1n) is 9.08. The number of nitrogens with one attached hydrogen (secondary N) is 2. The summed E-state index contributed by atoms with van der Waals surface area (Å²) >= 11 is 0. The van der Waals surface area contributed by atoms with E-state index in [9.17, 15) is 4.79 Å². The van der Waals surface area contributed by atoms with Gasteiger partial charge in [0.25, 0.3) is 0 Å². The highest BCUT2D eigenvalue weighted by molar-refractivity contribution is 5.81. The lowest BCUT2D eigenvalue weighted by Crippen LogP contribution is -2.47. The highest BCUT2D eigenvalue weighted by Crippen LogP contribution is 2.23. The van der Waals surface area contributed by atoms with Crippen LogP contribution >= 0.6 is 0 Å². The minimum atomic E-state index is -0.203. The molecule has 6 nitrogen and oxygen atoms in total. The van der Waals surface area contributed by atoms with Crippen LogP contribution in [-0.2, 0) is 24.3 Å². The minimum Gasteiger partial charge on any atom is -0.352 e. The van der Waals surface area contributed by atoms with E-state index in [2.05, 4.69) is 32.3 Å². The van der Waals surface area contributed by atoms with Crippen LogP contribution in [0.2, 0.25) is 0 Å². The Morgan fingerprint density at radius 1 is 1.26 bits per heavy atom. The molecule has 0 saturated heterocycles. The summed E-state index contributed by atoms with van der Waals surface area (Å²) < 4.78 is 2.20. The van der Waals surface area contributed by atoms with Gasteiger partial charge in [-0.15, -0.1) is 10.2 Å². The van der Waals surface area contributed by atoms with Gasteiger partial charge in [0.1, 0.15) is 11.6 Å². The molecule has 128 valence electrons. The van der Waals surface area contributed by atoms with E-state index in [1.54, 1.807) is 0 Å². The number of hydrogen-bond donors (Lipinski definition) is 2. The van der Waals surface area contributed by atoms with Crippen molar-refractivity contribution in [1.82, 2.24) is 25.4 Å². The van der Waals surface area contributed by atoms with Crippen molar-refractivity contribution in [2.24, 2.45) is 5.92 Å². The predicted octanol–water partition coefficient (Wildman–Crippen LogP) is 1.79. The molecular weight excluding hydrogens is 290 g/mol. The van der Waals surface area contributed by atoms with Gasteiger partial charge in [0.2, 0.25) is 5.91 Å². The largest absolute Gasteiger partial charge is 0.352 e. The molecule has 0 spiro atoms. The lowest BCUT2D eigenvalue weighted by atomic mass is 9.87. The second-order valence-corrected chi connectivity index (χ2v) is 7.21. The quantitative estimate of drug-likeness (QED) is 0.868. The summed E-state index contributed by atoms with van der Waals surface area (Å²) in [7, 11) is 0. The summed E-state index contributed by atoms with van der Waals surface area (Å²) in [6.07, 6.45) is 8.06. The van der Waals surface area contributed by atoms with Crippen molar-refractivity contribution >= 4 is 5.91 Å². The zero-order valence-corrected chi connectivity index (χ0v) is 14.3. The number of hydrogen-bond acceptors (Lipinski definition) is 4. The van der Waals surface area contributed by atoms with Crippen LogP contribution in [0.25, 0.3) is 0 Å². The summed E-state index contributed by atoms with van der Waals surface area (Å²) in [5.74, 6) is 2.94. The van der Waals surface area contributed by atoms with Crippen molar-refractivity contribution in [3.8, 4) is 0 Å². The highest BCUT2D eigenvalue weighted by atomic mass is 16.2. The van der Waals surface area contributed by atoms with Crippen LogP contribution in [0.15, 0.2) is 0 Å². The monoisotopic (exact) mass is 319 g/mol. The van der Waals surface area contributed by atoms with Crippen molar-refractivity contribution in [3.63, 3.8) is 0 Å². The Labute approximate surface area is 138 Å². The van der Waals surface area contributed by atoms with Crippen LogP contribution in [-0.4, -0.2) is 32.8 Å². The van der Waals surface area contributed by atoms with Crippen molar-refractivity contribution in [2.75, 3.05) is 0 Å². The molecule has 2 N–H and O–H groups in total. The molecule has 1 amide bonds. The van der Waals surface area contributed by atoms with Gasteiger partial charge in [0.05, 0.1) is 12.6 Å². The maximum absolute atomic E-state index is 12.3. The zero-order chi connectivity index (χ0) is 16.2. The fourth-order valence-electron chi connectivity index (χ4n) is 3.57. The summed E-state index contributed by atoms with van der Waals surface area (Å²) in [5, 5.41) is 15.0. The second kappa shape index (κ2) is 7.43. The third-order valence-electron chi connectivity index (χ3n) is 5.26. The Hall–Kier alpha value is -1.43. The van der Waals surface area contributed by atoms with Crippen molar-refractivity contribution in [1.29, 1.82) is 0 Å². The predicted molar refractivity (Wildman–Crippen MR) is 88.8 cm³/mol. The fourth-order valence-corrected chi connectivity index (χ4v) is 3.57. The van der Waals surface area contributed by atoms with Gasteiger partial charge in [-0.25, -0.2) is 0 Å². The smallest absolute Gasteiger partial charge is 0.237 e. The molecule has 0 unspecified atom stereocenters. The van der Waals surface area contributed by atoms with E-state index in [1.807, 2.05) is 6.92 Å². The molecule has 1 aromatic heterocycles. The number of amides is 1. The second-order valence-electron chi connectivity index (χ2n) is 7.21. The van der Waals surface area contributed by atoms with Gasteiger partial charge in [0.15, 0.2) is 0 Å². The molecular formula is C17H29N5O. The van der Waals surface area contributed by atoms with Crippen LogP contribution in [0.1, 0.15) is 64.0 Å². The Bertz CT molecular complexity index is 533. The van der Waals surface area contributed by atoms with Crippen molar-refractivity contribution < 1.29 is 4.79 Å². The van der Waals surface area contributed by atoms with Gasteiger partial charge in [0, 0.05) is 19.0 Å². The van der Waals surface area contributed by atoms with Gasteiger partial charge in [-0.3, -0.25) is 10.1 Å². The van der Waals surface area contributed by atoms with Gasteiger partial charge in [-0.05, 0) is 51.4 Å². The molecule has 2 aliphatic rings. The normalized spacial score (nSPS) is 25.7. The molecule has 3 rings (SSSR count). The SMILES string of the molecule is CC1CCC(NC(=O)[C@H](C)NCc2nnc3n2CCCC3)CC1. The van der Waals surface area contributed by atoms with Gasteiger partial charge >= 0.3 is 0 Å². The van der Waals surface area contributed by atoms with Crippen LogP contribution in [0.5, 0.6) is 0 Å². The molecule has 1 aliphatic heterocycles.